The van der Waals surface area contributed by atoms with Crippen molar-refractivity contribution in [3.63, 3.8) is 0 Å². The zero-order valence-electron chi connectivity index (χ0n) is 16.2. The molecular weight excluding hydrogens is 404 g/mol. The second kappa shape index (κ2) is 7.94. The number of aromatic hydroxyl groups is 1. The van der Waals surface area contributed by atoms with E-state index in [4.69, 9.17) is 14.6 Å². The standard InChI is InChI=1S/C22H18N2O7/c25-13-2-3-14-15(10-13)22-19(11-17(14)26)31-18-9-12(1-4-16(18)23-22)24(7-5-20(27)28)8-6-21(29)30/h1-4,9-11,25H,5-8H2,(H,27,28)(H,29,30). The van der Waals surface area contributed by atoms with Crippen LogP contribution in [0.1, 0.15) is 12.8 Å². The Hall–Kier alpha value is -4.14. The topological polar surface area (TPSA) is 141 Å². The normalized spacial score (nSPS) is 11.2. The second-order valence-corrected chi connectivity index (χ2v) is 7.09. The molecule has 0 bridgehead atoms. The summed E-state index contributed by atoms with van der Waals surface area (Å²) in [5.74, 6) is -1.73. The maximum Gasteiger partial charge on any atom is 0.305 e. The first-order chi connectivity index (χ1) is 14.8. The molecule has 0 unspecified atom stereocenters. The van der Waals surface area contributed by atoms with Crippen LogP contribution in [0.15, 0.2) is 51.7 Å². The fourth-order valence-corrected chi connectivity index (χ4v) is 3.48. The molecule has 2 aromatic carbocycles. The number of carboxylic acid groups (broad SMARTS) is 2. The summed E-state index contributed by atoms with van der Waals surface area (Å²) in [6.07, 6.45) is -0.306. The summed E-state index contributed by atoms with van der Waals surface area (Å²) in [6.45, 7) is 0.257. The van der Waals surface area contributed by atoms with Crippen LogP contribution in [0.3, 0.4) is 0 Å². The van der Waals surface area contributed by atoms with Crippen molar-refractivity contribution in [1.82, 2.24) is 4.98 Å². The van der Waals surface area contributed by atoms with Gasteiger partial charge >= 0.3 is 11.9 Å². The van der Waals surface area contributed by atoms with E-state index in [9.17, 15) is 19.5 Å². The van der Waals surface area contributed by atoms with E-state index >= 15 is 0 Å². The van der Waals surface area contributed by atoms with Crippen molar-refractivity contribution in [2.24, 2.45) is 0 Å². The largest absolute Gasteiger partial charge is 0.508 e. The Morgan fingerprint density at radius 1 is 0.935 bits per heavy atom. The minimum absolute atomic E-state index is 0.00384. The highest BCUT2D eigenvalue weighted by Gasteiger charge is 2.18. The lowest BCUT2D eigenvalue weighted by Gasteiger charge is -2.23. The molecule has 0 saturated heterocycles. The van der Waals surface area contributed by atoms with Crippen LogP contribution in [-0.4, -0.2) is 45.3 Å². The fourth-order valence-electron chi connectivity index (χ4n) is 3.48. The van der Waals surface area contributed by atoms with Gasteiger partial charge in [-0.25, -0.2) is 4.98 Å². The number of hydrogen-bond acceptors (Lipinski definition) is 7. The number of nitrogens with zero attached hydrogens (tertiary/aromatic N) is 2. The third-order valence-corrected chi connectivity index (χ3v) is 4.97. The first kappa shape index (κ1) is 20.1. The van der Waals surface area contributed by atoms with Crippen LogP contribution in [0.5, 0.6) is 5.75 Å². The summed E-state index contributed by atoms with van der Waals surface area (Å²) in [5.41, 5.74) is 1.60. The Labute approximate surface area is 175 Å². The van der Waals surface area contributed by atoms with Crippen molar-refractivity contribution >= 4 is 39.5 Å². The van der Waals surface area contributed by atoms with E-state index in [-0.39, 0.29) is 42.9 Å². The van der Waals surface area contributed by atoms with Crippen molar-refractivity contribution < 1.29 is 29.3 Å². The lowest BCUT2D eigenvalue weighted by Crippen LogP contribution is -2.28. The second-order valence-electron chi connectivity index (χ2n) is 7.09. The summed E-state index contributed by atoms with van der Waals surface area (Å²) < 4.78 is 5.91. The lowest BCUT2D eigenvalue weighted by molar-refractivity contribution is -0.137. The van der Waals surface area contributed by atoms with Crippen LogP contribution in [0.4, 0.5) is 5.69 Å². The van der Waals surface area contributed by atoms with Crippen molar-refractivity contribution in [2.75, 3.05) is 18.0 Å². The molecule has 31 heavy (non-hydrogen) atoms. The van der Waals surface area contributed by atoms with E-state index in [2.05, 4.69) is 4.98 Å². The average Bonchev–Trinajstić information content (AvgIpc) is 2.72. The molecule has 1 aliphatic heterocycles. The molecule has 2 aromatic rings. The number of carbonyl (C=O) groups is 2. The van der Waals surface area contributed by atoms with E-state index in [1.807, 2.05) is 0 Å². The molecular formula is C22H18N2O7. The third kappa shape index (κ3) is 4.11. The van der Waals surface area contributed by atoms with Crippen molar-refractivity contribution in [1.29, 1.82) is 0 Å². The number of fused-ring (bicyclic) bond motifs is 4. The summed E-state index contributed by atoms with van der Waals surface area (Å²) >= 11 is 0. The van der Waals surface area contributed by atoms with E-state index < -0.39 is 11.9 Å². The molecule has 9 nitrogen and oxygen atoms in total. The SMILES string of the molecule is O=C(O)CCN(CCC(=O)O)c1ccc2nc3c4cc(O)ccc4c(=O)cc-3oc2c1. The highest BCUT2D eigenvalue weighted by atomic mass is 16.4. The molecule has 0 atom stereocenters. The van der Waals surface area contributed by atoms with E-state index in [1.165, 1.54) is 24.3 Å². The van der Waals surface area contributed by atoms with Gasteiger partial charge in [0.2, 0.25) is 0 Å². The predicted octanol–water partition coefficient (Wildman–Crippen LogP) is 2.91. The zero-order valence-corrected chi connectivity index (χ0v) is 16.2. The van der Waals surface area contributed by atoms with Crippen LogP contribution >= 0.6 is 0 Å². The molecule has 0 saturated carbocycles. The molecule has 0 spiro atoms. The molecule has 2 aliphatic rings. The summed E-state index contributed by atoms with van der Waals surface area (Å²) in [6, 6.07) is 10.8. The van der Waals surface area contributed by atoms with Gasteiger partial charge in [0.1, 0.15) is 17.0 Å². The number of carboxylic acids is 2. The molecule has 9 heteroatoms. The van der Waals surface area contributed by atoms with Crippen LogP contribution in [-0.2, 0) is 9.59 Å². The number of hydrogen-bond donors (Lipinski definition) is 3. The number of aromatic nitrogens is 1. The molecule has 0 amide bonds. The highest BCUT2D eigenvalue weighted by Crippen LogP contribution is 2.33. The van der Waals surface area contributed by atoms with Crippen molar-refractivity contribution in [3.05, 3.63) is 52.7 Å². The van der Waals surface area contributed by atoms with E-state index in [0.29, 0.717) is 33.3 Å². The summed E-state index contributed by atoms with van der Waals surface area (Å²) in [4.78, 5) is 40.6. The average molecular weight is 422 g/mol. The Kier molecular flexibility index (Phi) is 5.16. The maximum atomic E-state index is 12.4. The summed E-state index contributed by atoms with van der Waals surface area (Å²) in [5, 5.41) is 28.7. The molecule has 0 fully saturated rings. The maximum absolute atomic E-state index is 12.4. The zero-order chi connectivity index (χ0) is 22.1. The fraction of sp³-hybridized carbons (Fsp3) is 0.182. The van der Waals surface area contributed by atoms with Gasteiger partial charge in [-0.05, 0) is 30.3 Å². The van der Waals surface area contributed by atoms with Gasteiger partial charge in [0.25, 0.3) is 0 Å². The molecule has 1 heterocycles. The quantitative estimate of drug-likeness (QED) is 0.303. The monoisotopic (exact) mass is 422 g/mol. The molecule has 4 rings (SSSR count). The first-order valence-corrected chi connectivity index (χ1v) is 9.51. The Morgan fingerprint density at radius 2 is 1.65 bits per heavy atom. The predicted molar refractivity (Wildman–Crippen MR) is 113 cm³/mol. The number of aliphatic carboxylic acids is 2. The van der Waals surface area contributed by atoms with Gasteiger partial charge in [-0.2, -0.15) is 0 Å². The molecule has 0 radical (unpaired) electrons. The highest BCUT2D eigenvalue weighted by molar-refractivity contribution is 5.97. The van der Waals surface area contributed by atoms with Crippen LogP contribution in [0.25, 0.3) is 33.3 Å². The van der Waals surface area contributed by atoms with Crippen LogP contribution < -0.4 is 10.3 Å². The van der Waals surface area contributed by atoms with Gasteiger partial charge in [-0.15, -0.1) is 0 Å². The smallest absolute Gasteiger partial charge is 0.305 e. The Morgan fingerprint density at radius 3 is 2.32 bits per heavy atom. The van der Waals surface area contributed by atoms with Gasteiger partial charge in [0, 0.05) is 41.7 Å². The molecule has 158 valence electrons. The Bertz CT molecular complexity index is 1330. The van der Waals surface area contributed by atoms with Gasteiger partial charge in [-0.3, -0.25) is 14.4 Å². The van der Waals surface area contributed by atoms with Crippen LogP contribution in [0.2, 0.25) is 0 Å². The van der Waals surface area contributed by atoms with E-state index in [1.54, 1.807) is 23.1 Å². The minimum atomic E-state index is -0.989. The first-order valence-electron chi connectivity index (χ1n) is 9.51. The number of phenols is 1. The number of phenolic OH excluding ortho intramolecular Hbond substituents is 1. The van der Waals surface area contributed by atoms with Gasteiger partial charge < -0.3 is 24.6 Å². The van der Waals surface area contributed by atoms with Crippen molar-refractivity contribution in [2.45, 2.75) is 12.8 Å². The number of benzene rings is 3. The molecule has 1 aliphatic carbocycles. The minimum Gasteiger partial charge on any atom is -0.508 e. The molecule has 0 aromatic heterocycles. The summed E-state index contributed by atoms with van der Waals surface area (Å²) in [7, 11) is 0. The molecule has 3 N–H and O–H groups in total. The van der Waals surface area contributed by atoms with Gasteiger partial charge in [0.15, 0.2) is 16.8 Å². The lowest BCUT2D eigenvalue weighted by atomic mass is 10.0. The van der Waals surface area contributed by atoms with Gasteiger partial charge in [0.05, 0.1) is 12.8 Å². The van der Waals surface area contributed by atoms with E-state index in [0.717, 1.165) is 0 Å². The van der Waals surface area contributed by atoms with Gasteiger partial charge in [-0.1, -0.05) is 0 Å². The Balaban J connectivity index is 1.82. The van der Waals surface area contributed by atoms with Crippen molar-refractivity contribution in [3.8, 4) is 17.2 Å². The third-order valence-electron chi connectivity index (χ3n) is 4.97. The number of anilines is 1. The number of rotatable bonds is 7. The van der Waals surface area contributed by atoms with Crippen LogP contribution in [0, 0.1) is 0 Å².